The van der Waals surface area contributed by atoms with Crippen molar-refractivity contribution in [2.75, 3.05) is 18.9 Å². The second-order valence-corrected chi connectivity index (χ2v) is 4.98. The van der Waals surface area contributed by atoms with Crippen LogP contribution in [0.5, 0.6) is 0 Å². The van der Waals surface area contributed by atoms with Crippen LogP contribution in [0.25, 0.3) is 0 Å². The lowest BCUT2D eigenvalue weighted by atomic mass is 10.3. The predicted octanol–water partition coefficient (Wildman–Crippen LogP) is 1.45. The van der Waals surface area contributed by atoms with Crippen LogP contribution in [0.1, 0.15) is 5.56 Å². The minimum atomic E-state index is -0.151. The van der Waals surface area contributed by atoms with Gasteiger partial charge in [-0.15, -0.1) is 0 Å². The van der Waals surface area contributed by atoms with Gasteiger partial charge in [-0.2, -0.15) is 11.3 Å². The Labute approximate surface area is 127 Å². The first-order chi connectivity index (χ1) is 10.3. The highest BCUT2D eigenvalue weighted by molar-refractivity contribution is 7.07. The number of rotatable bonds is 5. The van der Waals surface area contributed by atoms with Crippen molar-refractivity contribution in [3.63, 3.8) is 0 Å². The second-order valence-electron chi connectivity index (χ2n) is 4.20. The molecule has 110 valence electrons. The molecule has 0 unspecified atom stereocenters. The summed E-state index contributed by atoms with van der Waals surface area (Å²) >= 11 is 1.65. The van der Waals surface area contributed by atoms with Gasteiger partial charge in [-0.3, -0.25) is 14.8 Å². The van der Waals surface area contributed by atoms with E-state index in [-0.39, 0.29) is 12.5 Å². The topological polar surface area (TPSA) is 78.4 Å². The van der Waals surface area contributed by atoms with Crippen LogP contribution in [0.15, 0.2) is 46.3 Å². The zero-order valence-corrected chi connectivity index (χ0v) is 12.5. The molecule has 0 radical (unpaired) electrons. The summed E-state index contributed by atoms with van der Waals surface area (Å²) in [7, 11) is 1.67. The van der Waals surface area contributed by atoms with Gasteiger partial charge in [0.25, 0.3) is 0 Å². The smallest absolute Gasteiger partial charge is 0.243 e. The quantitative estimate of drug-likeness (QED) is 0.577. The van der Waals surface area contributed by atoms with Crippen LogP contribution in [-0.2, 0) is 11.3 Å². The van der Waals surface area contributed by atoms with Crippen LogP contribution in [0, 0.1) is 0 Å². The van der Waals surface area contributed by atoms with Gasteiger partial charge < -0.3 is 16.0 Å². The molecule has 0 fully saturated rings. The van der Waals surface area contributed by atoms with E-state index in [2.05, 4.69) is 31.3 Å². The highest BCUT2D eigenvalue weighted by Crippen LogP contribution is 2.04. The fraction of sp³-hybridized carbons (Fsp3) is 0.214. The molecule has 2 rings (SSSR count). The first kappa shape index (κ1) is 15.0. The van der Waals surface area contributed by atoms with Crippen molar-refractivity contribution < 1.29 is 4.79 Å². The summed E-state index contributed by atoms with van der Waals surface area (Å²) in [4.78, 5) is 19.8. The van der Waals surface area contributed by atoms with Gasteiger partial charge in [-0.25, -0.2) is 0 Å². The van der Waals surface area contributed by atoms with E-state index in [1.807, 2.05) is 11.4 Å². The highest BCUT2D eigenvalue weighted by Gasteiger charge is 2.04. The summed E-state index contributed by atoms with van der Waals surface area (Å²) in [6, 6.07) is 5.60. The SMILES string of the molecule is CN=C(NCC(=O)Nc1cccnc1)NCc1ccsc1. The summed E-state index contributed by atoms with van der Waals surface area (Å²) < 4.78 is 0. The average molecular weight is 303 g/mol. The molecule has 2 aromatic heterocycles. The predicted molar refractivity (Wildman–Crippen MR) is 85.4 cm³/mol. The largest absolute Gasteiger partial charge is 0.352 e. The number of nitrogens with one attached hydrogen (secondary N) is 3. The van der Waals surface area contributed by atoms with E-state index in [0.29, 0.717) is 18.2 Å². The minimum Gasteiger partial charge on any atom is -0.352 e. The van der Waals surface area contributed by atoms with Crippen LogP contribution >= 0.6 is 11.3 Å². The number of carbonyl (C=O) groups is 1. The second kappa shape index (κ2) is 8.01. The summed E-state index contributed by atoms with van der Waals surface area (Å²) in [6.45, 7) is 0.811. The third-order valence-electron chi connectivity index (χ3n) is 2.63. The Balaban J connectivity index is 1.74. The Morgan fingerprint density at radius 1 is 1.38 bits per heavy atom. The van der Waals surface area contributed by atoms with Crippen LogP contribution in [0.2, 0.25) is 0 Å². The first-order valence-corrected chi connectivity index (χ1v) is 7.37. The molecule has 0 spiro atoms. The van der Waals surface area contributed by atoms with Crippen molar-refractivity contribution in [3.8, 4) is 0 Å². The maximum atomic E-state index is 11.8. The molecule has 1 amide bonds. The van der Waals surface area contributed by atoms with E-state index in [9.17, 15) is 4.79 Å². The number of hydrogen-bond acceptors (Lipinski definition) is 4. The fourth-order valence-electron chi connectivity index (χ4n) is 1.61. The van der Waals surface area contributed by atoms with Gasteiger partial charge in [-0.05, 0) is 34.5 Å². The molecule has 0 aliphatic rings. The van der Waals surface area contributed by atoms with E-state index < -0.39 is 0 Å². The minimum absolute atomic E-state index is 0.137. The lowest BCUT2D eigenvalue weighted by Gasteiger charge is -2.11. The number of nitrogens with zero attached hydrogens (tertiary/aromatic N) is 2. The Morgan fingerprint density at radius 3 is 2.95 bits per heavy atom. The normalized spacial score (nSPS) is 11.0. The van der Waals surface area contributed by atoms with Crippen molar-refractivity contribution in [1.82, 2.24) is 15.6 Å². The van der Waals surface area contributed by atoms with Crippen LogP contribution in [0.3, 0.4) is 0 Å². The van der Waals surface area contributed by atoms with E-state index in [0.717, 1.165) is 0 Å². The van der Waals surface area contributed by atoms with Crippen LogP contribution < -0.4 is 16.0 Å². The summed E-state index contributed by atoms with van der Waals surface area (Å²) in [5.74, 6) is 0.434. The molecule has 7 heteroatoms. The van der Waals surface area contributed by atoms with Gasteiger partial charge in [0.2, 0.25) is 5.91 Å². The molecule has 0 aliphatic heterocycles. The summed E-state index contributed by atoms with van der Waals surface area (Å²) in [5.41, 5.74) is 1.85. The Morgan fingerprint density at radius 2 is 2.29 bits per heavy atom. The van der Waals surface area contributed by atoms with Crippen molar-refractivity contribution in [3.05, 3.63) is 46.9 Å². The monoisotopic (exact) mass is 303 g/mol. The van der Waals surface area contributed by atoms with E-state index >= 15 is 0 Å². The molecule has 2 heterocycles. The molecule has 6 nitrogen and oxygen atoms in total. The number of aromatic nitrogens is 1. The number of amides is 1. The fourth-order valence-corrected chi connectivity index (χ4v) is 2.27. The van der Waals surface area contributed by atoms with Crippen LogP contribution in [-0.4, -0.2) is 30.4 Å². The van der Waals surface area contributed by atoms with Crippen molar-refractivity contribution in [2.24, 2.45) is 4.99 Å². The maximum Gasteiger partial charge on any atom is 0.243 e. The molecule has 0 saturated heterocycles. The number of pyridine rings is 1. The average Bonchev–Trinajstić information content (AvgIpc) is 3.02. The number of thiophene rings is 1. The number of anilines is 1. The van der Waals surface area contributed by atoms with Gasteiger partial charge in [0.15, 0.2) is 5.96 Å². The van der Waals surface area contributed by atoms with E-state index in [1.165, 1.54) is 5.56 Å². The molecule has 0 aromatic carbocycles. The number of hydrogen-bond donors (Lipinski definition) is 3. The Kier molecular flexibility index (Phi) is 5.71. The lowest BCUT2D eigenvalue weighted by molar-refractivity contribution is -0.115. The van der Waals surface area contributed by atoms with Gasteiger partial charge in [-0.1, -0.05) is 0 Å². The van der Waals surface area contributed by atoms with Crippen LogP contribution in [0.4, 0.5) is 5.69 Å². The summed E-state index contributed by atoms with van der Waals surface area (Å²) in [6.07, 6.45) is 3.26. The van der Waals surface area contributed by atoms with E-state index in [1.54, 1.807) is 42.9 Å². The van der Waals surface area contributed by atoms with Crippen molar-refractivity contribution in [2.45, 2.75) is 6.54 Å². The lowest BCUT2D eigenvalue weighted by Crippen LogP contribution is -2.41. The third-order valence-corrected chi connectivity index (χ3v) is 3.36. The third kappa shape index (κ3) is 5.23. The zero-order chi connectivity index (χ0) is 14.9. The highest BCUT2D eigenvalue weighted by atomic mass is 32.1. The molecule has 2 aromatic rings. The Hall–Kier alpha value is -2.41. The van der Waals surface area contributed by atoms with Crippen molar-refractivity contribution in [1.29, 1.82) is 0 Å². The molecule has 0 bridgehead atoms. The first-order valence-electron chi connectivity index (χ1n) is 6.43. The number of carbonyl (C=O) groups excluding carboxylic acids is 1. The van der Waals surface area contributed by atoms with E-state index in [4.69, 9.17) is 0 Å². The standard InChI is InChI=1S/C14H17N5OS/c1-15-14(17-7-11-4-6-21-10-11)18-9-13(20)19-12-3-2-5-16-8-12/h2-6,8,10H,7,9H2,1H3,(H,19,20)(H2,15,17,18). The molecule has 3 N–H and O–H groups in total. The molecule has 0 aliphatic carbocycles. The molecule has 0 saturated carbocycles. The van der Waals surface area contributed by atoms with Gasteiger partial charge in [0.05, 0.1) is 18.4 Å². The zero-order valence-electron chi connectivity index (χ0n) is 11.7. The summed E-state index contributed by atoms with van der Waals surface area (Å²) in [5, 5.41) is 12.9. The number of guanidine groups is 1. The molecule has 0 atom stereocenters. The molecular formula is C14H17N5OS. The number of aliphatic imine (C=N–C) groups is 1. The molecular weight excluding hydrogens is 286 g/mol. The van der Waals surface area contributed by atoms with Crippen molar-refractivity contribution >= 4 is 28.9 Å². The molecule has 21 heavy (non-hydrogen) atoms. The maximum absolute atomic E-state index is 11.8. The van der Waals surface area contributed by atoms with Gasteiger partial charge >= 0.3 is 0 Å². The van der Waals surface area contributed by atoms with Gasteiger partial charge in [0, 0.05) is 19.8 Å². The Bertz CT molecular complexity index is 583. The van der Waals surface area contributed by atoms with Gasteiger partial charge in [0.1, 0.15) is 0 Å².